The molecule has 0 spiro atoms. The summed E-state index contributed by atoms with van der Waals surface area (Å²) >= 11 is 0. The van der Waals surface area contributed by atoms with Crippen molar-refractivity contribution in [1.29, 1.82) is 0 Å². The average molecular weight is 527 g/mol. The lowest BCUT2D eigenvalue weighted by Crippen LogP contribution is -2.23. The van der Waals surface area contributed by atoms with Crippen LogP contribution in [0, 0.1) is 0 Å². The summed E-state index contributed by atoms with van der Waals surface area (Å²) in [4.78, 5) is 18.1. The number of pyridine rings is 3. The van der Waals surface area contributed by atoms with Crippen LogP contribution in [0.2, 0.25) is 0 Å². The maximum absolute atomic E-state index is 6.37. The Bertz CT molecular complexity index is 1890. The van der Waals surface area contributed by atoms with Crippen LogP contribution < -0.4 is 14.5 Å². The number of aromatic nitrogens is 4. The smallest absolute Gasteiger partial charge is 0.221 e. The van der Waals surface area contributed by atoms with Crippen LogP contribution in [-0.4, -0.2) is 33.2 Å². The highest BCUT2D eigenvalue weighted by atomic mass is 16.5. The molecule has 7 heteroatoms. The van der Waals surface area contributed by atoms with E-state index in [0.717, 1.165) is 46.0 Å². The third-order valence-corrected chi connectivity index (χ3v) is 7.57. The minimum Gasteiger partial charge on any atom is -0.439 e. The van der Waals surface area contributed by atoms with E-state index in [1.54, 1.807) is 6.20 Å². The van der Waals surface area contributed by atoms with Crippen molar-refractivity contribution in [3.05, 3.63) is 103 Å². The van der Waals surface area contributed by atoms with Crippen LogP contribution in [0.15, 0.2) is 97.6 Å². The fourth-order valence-corrected chi connectivity index (χ4v) is 5.51. The molecule has 7 rings (SSSR count). The normalized spacial score (nSPS) is 13.3. The van der Waals surface area contributed by atoms with Gasteiger partial charge < -0.3 is 14.5 Å². The summed E-state index contributed by atoms with van der Waals surface area (Å²) in [6, 6.07) is 25.0. The highest BCUT2D eigenvalue weighted by Crippen LogP contribution is 2.40. The van der Waals surface area contributed by atoms with E-state index in [-0.39, 0.29) is 5.41 Å². The van der Waals surface area contributed by atoms with Gasteiger partial charge in [0.25, 0.3) is 0 Å². The molecule has 0 bridgehead atoms. The molecule has 5 heterocycles. The van der Waals surface area contributed by atoms with Gasteiger partial charge in [-0.1, -0.05) is 39.0 Å². The Morgan fingerprint density at radius 3 is 2.48 bits per heavy atom. The first kappa shape index (κ1) is 24.2. The molecule has 1 aliphatic heterocycles. The van der Waals surface area contributed by atoms with E-state index in [4.69, 9.17) is 9.72 Å². The summed E-state index contributed by atoms with van der Waals surface area (Å²) in [5.41, 5.74) is 6.62. The molecule has 0 radical (unpaired) electrons. The average Bonchev–Trinajstić information content (AvgIpc) is 3.47. The summed E-state index contributed by atoms with van der Waals surface area (Å²) in [5, 5.41) is 2.33. The van der Waals surface area contributed by atoms with E-state index in [1.165, 1.54) is 10.9 Å². The van der Waals surface area contributed by atoms with Crippen molar-refractivity contribution in [3.63, 3.8) is 0 Å². The number of rotatable bonds is 4. The van der Waals surface area contributed by atoms with E-state index in [1.807, 2.05) is 42.9 Å². The zero-order valence-corrected chi connectivity index (χ0v) is 23.0. The van der Waals surface area contributed by atoms with E-state index in [0.29, 0.717) is 11.6 Å². The molecule has 6 aromatic rings. The highest BCUT2D eigenvalue weighted by molar-refractivity contribution is 6.09. The van der Waals surface area contributed by atoms with Gasteiger partial charge in [0.1, 0.15) is 11.6 Å². The standard InChI is InChI=1S/C33H30N6O/c1-33(2,3)22-11-15-35-31(17-22)39-27-8-6-5-7-25(27)26-10-9-24(19-29(26)39)40-32-18-23(12-16-36-32)38-21-37(4)28-13-14-34-20-30(28)38/h5-20H,21H2,1-4H3. The summed E-state index contributed by atoms with van der Waals surface area (Å²) < 4.78 is 8.59. The molecular formula is C33H30N6O. The van der Waals surface area contributed by atoms with Crippen LogP contribution in [0.1, 0.15) is 26.3 Å². The second kappa shape index (κ2) is 9.09. The van der Waals surface area contributed by atoms with E-state index >= 15 is 0 Å². The Balaban J connectivity index is 1.29. The van der Waals surface area contributed by atoms with Gasteiger partial charge in [0.2, 0.25) is 5.88 Å². The third-order valence-electron chi connectivity index (χ3n) is 7.57. The van der Waals surface area contributed by atoms with Crippen LogP contribution in [-0.2, 0) is 5.41 Å². The Kier molecular flexibility index (Phi) is 5.49. The van der Waals surface area contributed by atoms with Gasteiger partial charge in [-0.05, 0) is 53.4 Å². The maximum atomic E-state index is 6.37. The van der Waals surface area contributed by atoms with Gasteiger partial charge in [0.15, 0.2) is 0 Å². The summed E-state index contributed by atoms with van der Waals surface area (Å²) in [5.74, 6) is 2.14. The van der Waals surface area contributed by atoms with E-state index < -0.39 is 0 Å². The number of hydrogen-bond donors (Lipinski definition) is 0. The molecule has 0 N–H and O–H groups in total. The van der Waals surface area contributed by atoms with E-state index in [9.17, 15) is 0 Å². The molecule has 0 fully saturated rings. The molecule has 4 aromatic heterocycles. The topological polar surface area (TPSA) is 59.3 Å². The fraction of sp³-hybridized carbons (Fsp3) is 0.182. The number of anilines is 3. The Hall–Kier alpha value is -4.91. The third kappa shape index (κ3) is 4.02. The van der Waals surface area contributed by atoms with Crippen LogP contribution in [0.3, 0.4) is 0 Å². The first-order valence-corrected chi connectivity index (χ1v) is 13.4. The molecule has 1 aliphatic rings. The number of hydrogen-bond acceptors (Lipinski definition) is 6. The second-order valence-corrected chi connectivity index (χ2v) is 11.3. The molecular weight excluding hydrogens is 496 g/mol. The van der Waals surface area contributed by atoms with Crippen LogP contribution in [0.5, 0.6) is 11.6 Å². The molecule has 0 amide bonds. The van der Waals surface area contributed by atoms with Crippen molar-refractivity contribution in [2.45, 2.75) is 26.2 Å². The van der Waals surface area contributed by atoms with Gasteiger partial charge in [0, 0.05) is 54.2 Å². The maximum Gasteiger partial charge on any atom is 0.221 e. The molecule has 40 heavy (non-hydrogen) atoms. The van der Waals surface area contributed by atoms with Crippen molar-refractivity contribution in [2.24, 2.45) is 0 Å². The van der Waals surface area contributed by atoms with E-state index in [2.05, 4.69) is 101 Å². The lowest BCUT2D eigenvalue weighted by molar-refractivity contribution is 0.463. The van der Waals surface area contributed by atoms with Crippen LogP contribution >= 0.6 is 0 Å². The monoisotopic (exact) mass is 526 g/mol. The van der Waals surface area contributed by atoms with Gasteiger partial charge in [0.05, 0.1) is 35.3 Å². The zero-order valence-electron chi connectivity index (χ0n) is 23.0. The van der Waals surface area contributed by atoms with Crippen molar-refractivity contribution in [1.82, 2.24) is 19.5 Å². The molecule has 7 nitrogen and oxygen atoms in total. The van der Waals surface area contributed by atoms with Crippen molar-refractivity contribution >= 4 is 38.9 Å². The number of benzene rings is 2. The highest BCUT2D eigenvalue weighted by Gasteiger charge is 2.25. The van der Waals surface area contributed by atoms with Gasteiger partial charge in [-0.15, -0.1) is 0 Å². The predicted octanol–water partition coefficient (Wildman–Crippen LogP) is 7.60. The first-order chi connectivity index (χ1) is 19.4. The SMILES string of the molecule is CN1CN(c2ccnc(Oc3ccc4c5ccccc5n(-c5cc(C(C)(C)C)ccn5)c4c3)c2)c2cnccc21. The van der Waals surface area contributed by atoms with Crippen LogP contribution in [0.4, 0.5) is 17.1 Å². The predicted molar refractivity (Wildman–Crippen MR) is 161 cm³/mol. The molecule has 0 saturated heterocycles. The van der Waals surface area contributed by atoms with Crippen molar-refractivity contribution in [3.8, 4) is 17.4 Å². The largest absolute Gasteiger partial charge is 0.439 e. The van der Waals surface area contributed by atoms with Crippen molar-refractivity contribution in [2.75, 3.05) is 23.5 Å². The van der Waals surface area contributed by atoms with Gasteiger partial charge >= 0.3 is 0 Å². The quantitative estimate of drug-likeness (QED) is 0.236. The van der Waals surface area contributed by atoms with Gasteiger partial charge in [-0.25, -0.2) is 9.97 Å². The van der Waals surface area contributed by atoms with Crippen LogP contribution in [0.25, 0.3) is 27.6 Å². The summed E-state index contributed by atoms with van der Waals surface area (Å²) in [6.07, 6.45) is 7.41. The van der Waals surface area contributed by atoms with Crippen molar-refractivity contribution < 1.29 is 4.74 Å². The molecule has 0 aliphatic carbocycles. The minimum absolute atomic E-state index is 0.0160. The zero-order chi connectivity index (χ0) is 27.4. The first-order valence-electron chi connectivity index (χ1n) is 13.4. The number of fused-ring (bicyclic) bond motifs is 4. The minimum atomic E-state index is 0.0160. The molecule has 0 saturated carbocycles. The fourth-order valence-electron chi connectivity index (χ4n) is 5.51. The summed E-state index contributed by atoms with van der Waals surface area (Å²) in [7, 11) is 2.08. The molecule has 0 atom stereocenters. The lowest BCUT2D eigenvalue weighted by atomic mass is 9.88. The molecule has 2 aromatic carbocycles. The Morgan fingerprint density at radius 2 is 1.60 bits per heavy atom. The number of para-hydroxylation sites is 1. The van der Waals surface area contributed by atoms with Gasteiger partial charge in [-0.2, -0.15) is 0 Å². The van der Waals surface area contributed by atoms with Gasteiger partial charge in [-0.3, -0.25) is 9.55 Å². The number of ether oxygens (including phenoxy) is 1. The number of nitrogens with zero attached hydrogens (tertiary/aromatic N) is 6. The Labute approximate surface area is 233 Å². The summed E-state index contributed by atoms with van der Waals surface area (Å²) in [6.45, 7) is 7.40. The Morgan fingerprint density at radius 1 is 0.775 bits per heavy atom. The lowest BCUT2D eigenvalue weighted by Gasteiger charge is -2.20. The molecule has 198 valence electrons. The second-order valence-electron chi connectivity index (χ2n) is 11.3. The molecule has 0 unspecified atom stereocenters.